The Morgan fingerprint density at radius 3 is 2.23 bits per heavy atom. The van der Waals surface area contributed by atoms with Crippen molar-refractivity contribution in [1.82, 2.24) is 29.9 Å². The molecule has 0 saturated heterocycles. The molecule has 0 radical (unpaired) electrons. The Labute approximate surface area is 377 Å². The van der Waals surface area contributed by atoms with Crippen LogP contribution in [0.1, 0.15) is 98.2 Å². The number of fused-ring (bicyclic) bond motifs is 4. The van der Waals surface area contributed by atoms with Gasteiger partial charge in [0.2, 0.25) is 15.9 Å². The number of pyridine rings is 1. The van der Waals surface area contributed by atoms with Gasteiger partial charge in [0.15, 0.2) is 15.7 Å². The first-order chi connectivity index (χ1) is 31.0. The summed E-state index contributed by atoms with van der Waals surface area (Å²) in [5.74, 6) is -3.71. The van der Waals surface area contributed by atoms with E-state index in [1.165, 1.54) is 38.1 Å². The third-order valence-corrected chi connectivity index (χ3v) is 17.2. The quantitative estimate of drug-likeness (QED) is 0.0783. The average molecular weight is 984 g/mol. The van der Waals surface area contributed by atoms with Crippen molar-refractivity contribution in [1.29, 1.82) is 0 Å². The highest BCUT2D eigenvalue weighted by Gasteiger charge is 2.67. The molecule has 12 nitrogen and oxygen atoms in total. The lowest BCUT2D eigenvalue weighted by molar-refractivity contribution is -0.123. The van der Waals surface area contributed by atoms with E-state index in [9.17, 15) is 48.0 Å². The second-order valence-corrected chi connectivity index (χ2v) is 22.6. The maximum absolute atomic E-state index is 15.5. The highest BCUT2D eigenvalue weighted by molar-refractivity contribution is 7.94. The molecule has 0 spiro atoms. The van der Waals surface area contributed by atoms with Crippen LogP contribution in [-0.4, -0.2) is 69.0 Å². The molecule has 4 aliphatic carbocycles. The Bertz CT molecular complexity index is 3110. The van der Waals surface area contributed by atoms with Crippen LogP contribution < -0.4 is 10.0 Å². The summed E-state index contributed by atoms with van der Waals surface area (Å²) in [7, 11) is -7.79. The fourth-order valence-electron chi connectivity index (χ4n) is 8.68. The van der Waals surface area contributed by atoms with Gasteiger partial charge in [-0.2, -0.15) is 19.0 Å². The SMILES string of the molecule is CC(C)(C#Cc1ccc(-c2ccc(Cl)c3c(NS(=O)(=O)C4CC4)nn(CC(F)F)c23)c([C@H](Cc2cc(F)cc(F)c2)NC(=O)Cn2nc(C(F)F)c3c2C(F)(F)[C@@H]2CC32)n1)S(=O)(=O)C1CC1. The van der Waals surface area contributed by atoms with E-state index in [2.05, 4.69) is 32.1 Å². The number of rotatable bonds is 15. The molecule has 5 aromatic rings. The van der Waals surface area contributed by atoms with Crippen LogP contribution in [0.15, 0.2) is 42.5 Å². The number of amides is 1. The van der Waals surface area contributed by atoms with Crippen molar-refractivity contribution in [2.45, 2.75) is 111 Å². The molecule has 1 unspecified atom stereocenters. The third kappa shape index (κ3) is 8.39. The number of carbonyl (C=O) groups excluding carboxylic acids is 1. The van der Waals surface area contributed by atoms with Crippen molar-refractivity contribution in [2.24, 2.45) is 5.92 Å². The summed E-state index contributed by atoms with van der Waals surface area (Å²) in [4.78, 5) is 18.8. The number of anilines is 1. The number of halogens is 9. The van der Waals surface area contributed by atoms with Gasteiger partial charge in [-0.05, 0) is 100 Å². The lowest BCUT2D eigenvalue weighted by atomic mass is 9.93. The first-order valence-corrected chi connectivity index (χ1v) is 24.2. The van der Waals surface area contributed by atoms with Crippen molar-refractivity contribution in [3.05, 3.63) is 93.0 Å². The van der Waals surface area contributed by atoms with Crippen molar-refractivity contribution in [2.75, 3.05) is 4.72 Å². The average Bonchev–Trinajstić information content (AvgIpc) is 4.11. The van der Waals surface area contributed by atoms with Crippen molar-refractivity contribution < 1.29 is 56.8 Å². The van der Waals surface area contributed by atoms with E-state index in [0.717, 1.165) is 16.8 Å². The second kappa shape index (κ2) is 16.2. The van der Waals surface area contributed by atoms with Crippen LogP contribution in [0.3, 0.4) is 0 Å². The Morgan fingerprint density at radius 2 is 1.59 bits per heavy atom. The summed E-state index contributed by atoms with van der Waals surface area (Å²) in [5.41, 5.74) is -2.53. The zero-order chi connectivity index (χ0) is 47.4. The van der Waals surface area contributed by atoms with Crippen molar-refractivity contribution >= 4 is 54.1 Å². The standard InChI is InChI=1S/C43H38ClF8N7O5S2/c1-42(2,65(61,62)24-4-5-24)12-11-23-3-8-26(27-9-10-30(44)35-38(27)58(18-32(47)48)56-41(35)57-66(63,64)25-6-7-25)36(53-23)31(15-20-13-21(45)16-22(46)14-20)54-33(60)19-59-39-34(37(55-59)40(49)50)28-17-29(28)43(39,51)52/h3,8-10,13-14,16,24-25,28-29,31-32,40H,4-7,15,17-19H2,1-2H3,(H,54,60)(H,56,57)/t28?,29-,31+/m1/s1. The predicted octanol–water partition coefficient (Wildman–Crippen LogP) is 8.35. The summed E-state index contributed by atoms with van der Waals surface area (Å²) in [6, 6.07) is 6.37. The summed E-state index contributed by atoms with van der Waals surface area (Å²) in [6.45, 7) is 0.714. The lowest BCUT2D eigenvalue weighted by Crippen LogP contribution is -2.35. The zero-order valence-electron chi connectivity index (χ0n) is 34.7. The Balaban J connectivity index is 1.22. The minimum atomic E-state index is -4.04. The monoisotopic (exact) mass is 983 g/mol. The highest BCUT2D eigenvalue weighted by atomic mass is 35.5. The number of benzene rings is 2. The Morgan fingerprint density at radius 1 is 0.924 bits per heavy atom. The molecule has 3 saturated carbocycles. The van der Waals surface area contributed by atoms with Gasteiger partial charge in [-0.15, -0.1) is 0 Å². The molecule has 0 aliphatic heterocycles. The third-order valence-electron chi connectivity index (χ3n) is 12.2. The molecule has 2 aromatic carbocycles. The van der Waals surface area contributed by atoms with Crippen LogP contribution in [0.4, 0.5) is 40.9 Å². The van der Waals surface area contributed by atoms with Gasteiger partial charge in [0.05, 0.1) is 38.2 Å². The van der Waals surface area contributed by atoms with E-state index < -0.39 is 120 Å². The molecule has 4 aliphatic rings. The number of nitrogens with one attached hydrogen (secondary N) is 2. The fraction of sp³-hybridized carbons (Fsp3) is 0.442. The van der Waals surface area contributed by atoms with Crippen LogP contribution in [0.2, 0.25) is 5.02 Å². The van der Waals surface area contributed by atoms with Crippen LogP contribution in [0.5, 0.6) is 0 Å². The molecule has 0 bridgehead atoms. The first kappa shape index (κ1) is 45.9. The van der Waals surface area contributed by atoms with Gasteiger partial charge in [-0.3, -0.25) is 18.9 Å². The van der Waals surface area contributed by atoms with Crippen LogP contribution in [-0.2, 0) is 50.1 Å². The van der Waals surface area contributed by atoms with E-state index in [-0.39, 0.29) is 61.8 Å². The van der Waals surface area contributed by atoms with E-state index >= 15 is 8.78 Å². The first-order valence-electron chi connectivity index (χ1n) is 20.7. The maximum Gasteiger partial charge on any atom is 0.293 e. The molecule has 3 fully saturated rings. The number of carbonyl (C=O) groups is 1. The Hall–Kier alpha value is -5.27. The topological polar surface area (TPSA) is 158 Å². The van der Waals surface area contributed by atoms with Crippen LogP contribution in [0.25, 0.3) is 22.0 Å². The van der Waals surface area contributed by atoms with E-state index in [0.29, 0.717) is 36.4 Å². The molecule has 9 rings (SSSR count). The molecule has 23 heteroatoms. The Kier molecular flexibility index (Phi) is 11.3. The molecule has 3 heterocycles. The van der Waals surface area contributed by atoms with Gasteiger partial charge >= 0.3 is 0 Å². The number of nitrogens with zero attached hydrogens (tertiary/aromatic N) is 5. The fourth-order valence-corrected chi connectivity index (χ4v) is 12.0. The van der Waals surface area contributed by atoms with Crippen LogP contribution in [0, 0.1) is 29.4 Å². The molecule has 1 amide bonds. The number of alkyl halides is 6. The molecule has 2 N–H and O–H groups in total. The number of sulfone groups is 1. The van der Waals surface area contributed by atoms with E-state index in [1.807, 2.05) is 0 Å². The molecule has 350 valence electrons. The van der Waals surface area contributed by atoms with Gasteiger partial charge in [0.25, 0.3) is 18.8 Å². The maximum atomic E-state index is 15.5. The second-order valence-electron chi connectivity index (χ2n) is 17.5. The van der Waals surface area contributed by atoms with Gasteiger partial charge in [-0.25, -0.2) is 48.2 Å². The minimum Gasteiger partial charge on any atom is -0.346 e. The summed E-state index contributed by atoms with van der Waals surface area (Å²) < 4.78 is 172. The summed E-state index contributed by atoms with van der Waals surface area (Å²) >= 11 is 6.65. The lowest BCUT2D eigenvalue weighted by Gasteiger charge is -2.23. The molecular weight excluding hydrogens is 946 g/mol. The summed E-state index contributed by atoms with van der Waals surface area (Å²) in [5, 5.41) is 8.97. The minimum absolute atomic E-state index is 0.00728. The van der Waals surface area contributed by atoms with Gasteiger partial charge in [0.1, 0.15) is 46.6 Å². The number of hydrogen-bond donors (Lipinski definition) is 2. The molecule has 3 atom stereocenters. The molecule has 3 aromatic heterocycles. The van der Waals surface area contributed by atoms with Gasteiger partial charge < -0.3 is 5.32 Å². The van der Waals surface area contributed by atoms with Crippen LogP contribution >= 0.6 is 11.6 Å². The number of aromatic nitrogens is 5. The molecule has 66 heavy (non-hydrogen) atoms. The van der Waals surface area contributed by atoms with Gasteiger partial charge in [-0.1, -0.05) is 23.6 Å². The van der Waals surface area contributed by atoms with E-state index in [4.69, 9.17) is 16.6 Å². The largest absolute Gasteiger partial charge is 0.346 e. The van der Waals surface area contributed by atoms with Crippen molar-refractivity contribution in [3.63, 3.8) is 0 Å². The smallest absolute Gasteiger partial charge is 0.293 e. The van der Waals surface area contributed by atoms with Gasteiger partial charge in [0, 0.05) is 28.7 Å². The normalized spacial score (nSPS) is 19.4. The predicted molar refractivity (Wildman–Crippen MR) is 225 cm³/mol. The number of sulfonamides is 1. The molecular formula is C43H38ClF8N7O5S2. The zero-order valence-corrected chi connectivity index (χ0v) is 37.1. The van der Waals surface area contributed by atoms with Crippen molar-refractivity contribution in [3.8, 4) is 23.0 Å². The van der Waals surface area contributed by atoms with E-state index in [1.54, 1.807) is 0 Å². The summed E-state index contributed by atoms with van der Waals surface area (Å²) in [6.07, 6.45) is -5.22. The number of hydrogen-bond acceptors (Lipinski definition) is 8. The highest BCUT2D eigenvalue weighted by Crippen LogP contribution is 2.68.